The summed E-state index contributed by atoms with van der Waals surface area (Å²) in [5.74, 6) is 0.0448. The molecule has 110 valence electrons. The molecule has 1 aliphatic heterocycles. The van der Waals surface area contributed by atoms with Crippen LogP contribution in [0.25, 0.3) is 0 Å². The SMILES string of the molecule is COc1c(Cl)ccc(Cl)c1C(=O)N1C(C)OCC1(C)C. The van der Waals surface area contributed by atoms with Crippen molar-refractivity contribution in [1.82, 2.24) is 4.90 Å². The molecule has 1 aromatic carbocycles. The lowest BCUT2D eigenvalue weighted by Crippen LogP contribution is -2.47. The summed E-state index contributed by atoms with van der Waals surface area (Å²) in [7, 11) is 1.46. The first-order valence-corrected chi connectivity index (χ1v) is 7.02. The molecule has 1 saturated heterocycles. The van der Waals surface area contributed by atoms with Gasteiger partial charge in [0.15, 0.2) is 5.75 Å². The van der Waals surface area contributed by atoms with Crippen LogP contribution >= 0.6 is 23.2 Å². The molecule has 0 saturated carbocycles. The highest BCUT2D eigenvalue weighted by Crippen LogP contribution is 2.37. The third-order valence-electron chi connectivity index (χ3n) is 3.39. The lowest BCUT2D eigenvalue weighted by Gasteiger charge is -2.32. The molecule has 6 heteroatoms. The highest BCUT2D eigenvalue weighted by Gasteiger charge is 2.43. The summed E-state index contributed by atoms with van der Waals surface area (Å²) in [6, 6.07) is 3.20. The minimum Gasteiger partial charge on any atom is -0.494 e. The van der Waals surface area contributed by atoms with Crippen molar-refractivity contribution in [3.63, 3.8) is 0 Å². The van der Waals surface area contributed by atoms with Crippen LogP contribution in [0.1, 0.15) is 31.1 Å². The van der Waals surface area contributed by atoms with Gasteiger partial charge in [-0.3, -0.25) is 4.79 Å². The fraction of sp³-hybridized carbons (Fsp3) is 0.500. The number of carbonyl (C=O) groups is 1. The summed E-state index contributed by atoms with van der Waals surface area (Å²) < 4.78 is 10.8. The second-order valence-corrected chi connectivity index (χ2v) is 6.15. The molecule has 0 radical (unpaired) electrons. The number of nitrogens with zero attached hydrogens (tertiary/aromatic N) is 1. The van der Waals surface area contributed by atoms with E-state index in [-0.39, 0.29) is 17.7 Å². The molecule has 1 aromatic rings. The standard InChI is InChI=1S/C14H17Cl2NO3/c1-8-17(14(2,3)7-20-8)13(18)11-9(15)5-6-10(16)12(11)19-4/h5-6,8H,7H2,1-4H3. The first kappa shape index (κ1) is 15.4. The maximum Gasteiger partial charge on any atom is 0.261 e. The third-order valence-corrected chi connectivity index (χ3v) is 4.00. The Labute approximate surface area is 128 Å². The van der Waals surface area contributed by atoms with Gasteiger partial charge in [-0.05, 0) is 32.9 Å². The molecule has 1 aliphatic rings. The average Bonchev–Trinajstić information content (AvgIpc) is 2.65. The molecule has 2 rings (SSSR count). The summed E-state index contributed by atoms with van der Waals surface area (Å²) >= 11 is 12.2. The average molecular weight is 318 g/mol. The minimum atomic E-state index is -0.410. The zero-order valence-corrected chi connectivity index (χ0v) is 13.4. The maximum absolute atomic E-state index is 12.8. The molecule has 1 atom stereocenters. The lowest BCUT2D eigenvalue weighted by molar-refractivity contribution is 0.0305. The number of benzene rings is 1. The Hall–Kier alpha value is -0.970. The van der Waals surface area contributed by atoms with E-state index in [2.05, 4.69) is 0 Å². The Morgan fingerprint density at radius 1 is 1.40 bits per heavy atom. The lowest BCUT2D eigenvalue weighted by atomic mass is 10.0. The van der Waals surface area contributed by atoms with E-state index in [0.717, 1.165) is 0 Å². The van der Waals surface area contributed by atoms with Gasteiger partial charge in [0.25, 0.3) is 5.91 Å². The number of amides is 1. The van der Waals surface area contributed by atoms with Gasteiger partial charge in [-0.25, -0.2) is 0 Å². The summed E-state index contributed by atoms with van der Waals surface area (Å²) in [5, 5.41) is 0.664. The van der Waals surface area contributed by atoms with Gasteiger partial charge in [0.2, 0.25) is 0 Å². The monoisotopic (exact) mass is 317 g/mol. The highest BCUT2D eigenvalue weighted by atomic mass is 35.5. The van der Waals surface area contributed by atoms with Crippen LogP contribution in [0, 0.1) is 0 Å². The summed E-state index contributed by atoms with van der Waals surface area (Å²) in [6.45, 7) is 6.19. The van der Waals surface area contributed by atoms with Gasteiger partial charge in [-0.1, -0.05) is 23.2 Å². The third kappa shape index (κ3) is 2.48. The van der Waals surface area contributed by atoms with Gasteiger partial charge in [-0.2, -0.15) is 0 Å². The van der Waals surface area contributed by atoms with Crippen LogP contribution in [0.15, 0.2) is 12.1 Å². The number of hydrogen-bond donors (Lipinski definition) is 0. The van der Waals surface area contributed by atoms with Crippen molar-refractivity contribution < 1.29 is 14.3 Å². The molecule has 0 N–H and O–H groups in total. The predicted molar refractivity (Wildman–Crippen MR) is 78.7 cm³/mol. The van der Waals surface area contributed by atoms with Crippen molar-refractivity contribution in [2.75, 3.05) is 13.7 Å². The van der Waals surface area contributed by atoms with E-state index < -0.39 is 5.54 Å². The first-order valence-electron chi connectivity index (χ1n) is 6.27. The number of hydrogen-bond acceptors (Lipinski definition) is 3. The van der Waals surface area contributed by atoms with Crippen molar-refractivity contribution >= 4 is 29.1 Å². The Morgan fingerprint density at radius 3 is 2.50 bits per heavy atom. The van der Waals surface area contributed by atoms with Gasteiger partial charge in [-0.15, -0.1) is 0 Å². The Balaban J connectivity index is 2.51. The molecule has 1 heterocycles. The minimum absolute atomic E-state index is 0.246. The number of rotatable bonds is 2. The van der Waals surface area contributed by atoms with Crippen LogP contribution in [0.5, 0.6) is 5.75 Å². The number of carbonyl (C=O) groups excluding carboxylic acids is 1. The van der Waals surface area contributed by atoms with E-state index in [1.165, 1.54) is 7.11 Å². The number of ether oxygens (including phenoxy) is 2. The molecule has 0 bridgehead atoms. The van der Waals surface area contributed by atoms with Crippen molar-refractivity contribution in [3.8, 4) is 5.75 Å². The van der Waals surface area contributed by atoms with Crippen LogP contribution in [-0.4, -0.2) is 36.3 Å². The van der Waals surface area contributed by atoms with Crippen molar-refractivity contribution in [2.45, 2.75) is 32.5 Å². The van der Waals surface area contributed by atoms with E-state index in [1.54, 1.807) is 17.0 Å². The van der Waals surface area contributed by atoms with Crippen molar-refractivity contribution in [3.05, 3.63) is 27.7 Å². The van der Waals surface area contributed by atoms with Crippen LogP contribution in [0.3, 0.4) is 0 Å². The number of halogens is 2. The molecule has 20 heavy (non-hydrogen) atoms. The molecular weight excluding hydrogens is 301 g/mol. The molecule has 1 unspecified atom stereocenters. The van der Waals surface area contributed by atoms with E-state index in [9.17, 15) is 4.79 Å². The van der Waals surface area contributed by atoms with Crippen LogP contribution in [-0.2, 0) is 4.74 Å². The van der Waals surface area contributed by atoms with Gasteiger partial charge in [0, 0.05) is 0 Å². The summed E-state index contributed by atoms with van der Waals surface area (Å²) in [4.78, 5) is 14.5. The normalized spacial score (nSPS) is 21.1. The van der Waals surface area contributed by atoms with Gasteiger partial charge in [0.05, 0.1) is 29.3 Å². The second-order valence-electron chi connectivity index (χ2n) is 5.34. The van der Waals surface area contributed by atoms with Crippen molar-refractivity contribution in [1.29, 1.82) is 0 Å². The van der Waals surface area contributed by atoms with Crippen LogP contribution in [0.2, 0.25) is 10.0 Å². The van der Waals surface area contributed by atoms with E-state index in [0.29, 0.717) is 22.4 Å². The fourth-order valence-electron chi connectivity index (χ4n) is 2.45. The molecule has 1 fully saturated rings. The van der Waals surface area contributed by atoms with Gasteiger partial charge >= 0.3 is 0 Å². The Morgan fingerprint density at radius 2 is 2.00 bits per heavy atom. The fourth-order valence-corrected chi connectivity index (χ4v) is 2.92. The van der Waals surface area contributed by atoms with Crippen LogP contribution < -0.4 is 4.74 Å². The topological polar surface area (TPSA) is 38.8 Å². The zero-order chi connectivity index (χ0) is 15.1. The second kappa shape index (κ2) is 5.43. The highest BCUT2D eigenvalue weighted by molar-refractivity contribution is 6.37. The molecule has 0 aromatic heterocycles. The Kier molecular flexibility index (Phi) is 4.19. The van der Waals surface area contributed by atoms with Gasteiger partial charge < -0.3 is 14.4 Å². The predicted octanol–water partition coefficient (Wildman–Crippen LogP) is 3.60. The molecule has 0 aliphatic carbocycles. The van der Waals surface area contributed by atoms with Crippen LogP contribution in [0.4, 0.5) is 0 Å². The quantitative estimate of drug-likeness (QED) is 0.836. The molecule has 1 amide bonds. The van der Waals surface area contributed by atoms with Crippen molar-refractivity contribution in [2.24, 2.45) is 0 Å². The summed E-state index contributed by atoms with van der Waals surface area (Å²) in [5.41, 5.74) is -0.139. The molecule has 4 nitrogen and oxygen atoms in total. The van der Waals surface area contributed by atoms with E-state index in [1.807, 2.05) is 20.8 Å². The first-order chi connectivity index (χ1) is 9.29. The smallest absolute Gasteiger partial charge is 0.261 e. The maximum atomic E-state index is 12.8. The molecular formula is C14H17Cl2NO3. The summed E-state index contributed by atoms with van der Waals surface area (Å²) in [6.07, 6.45) is -0.322. The molecule has 0 spiro atoms. The van der Waals surface area contributed by atoms with Gasteiger partial charge in [0.1, 0.15) is 11.8 Å². The van der Waals surface area contributed by atoms with E-state index in [4.69, 9.17) is 32.7 Å². The Bertz CT molecular complexity index is 545. The zero-order valence-electron chi connectivity index (χ0n) is 11.9. The number of methoxy groups -OCH3 is 1. The largest absolute Gasteiger partial charge is 0.494 e. The van der Waals surface area contributed by atoms with E-state index >= 15 is 0 Å².